The number of aryl methyl sites for hydroxylation is 1. The van der Waals surface area contributed by atoms with E-state index in [2.05, 4.69) is 30.1 Å². The van der Waals surface area contributed by atoms with Crippen LogP contribution in [0.5, 0.6) is 17.4 Å². The van der Waals surface area contributed by atoms with Gasteiger partial charge in [-0.05, 0) is 19.1 Å². The molecule has 3 aromatic heterocycles. The Kier molecular flexibility index (Phi) is 5.46. The maximum absolute atomic E-state index is 5.73. The molecule has 3 heterocycles. The summed E-state index contributed by atoms with van der Waals surface area (Å²) in [7, 11) is 3.12. The molecule has 152 valence electrons. The van der Waals surface area contributed by atoms with Gasteiger partial charge in [-0.1, -0.05) is 11.2 Å². The Morgan fingerprint density at radius 1 is 1.00 bits per heavy atom. The van der Waals surface area contributed by atoms with E-state index in [1.54, 1.807) is 44.9 Å². The summed E-state index contributed by atoms with van der Waals surface area (Å²) in [6, 6.07) is 7.14. The van der Waals surface area contributed by atoms with Crippen LogP contribution >= 0.6 is 0 Å². The van der Waals surface area contributed by atoms with E-state index in [1.807, 2.05) is 19.1 Å². The topological polar surface area (TPSA) is 118 Å². The second kappa shape index (κ2) is 8.52. The third-order valence-electron chi connectivity index (χ3n) is 4.08. The van der Waals surface area contributed by atoms with Gasteiger partial charge in [0.1, 0.15) is 5.69 Å². The fourth-order valence-corrected chi connectivity index (χ4v) is 2.76. The SMILES string of the molecule is COc1cccc(-c2noc(COc3cc(C)nc(-c4cnccn4)n3)n2)c1OC. The van der Waals surface area contributed by atoms with Crippen LogP contribution in [0.4, 0.5) is 0 Å². The summed E-state index contributed by atoms with van der Waals surface area (Å²) in [4.78, 5) is 21.4. The van der Waals surface area contributed by atoms with Gasteiger partial charge in [0, 0.05) is 24.2 Å². The van der Waals surface area contributed by atoms with Crippen molar-refractivity contribution in [2.24, 2.45) is 0 Å². The van der Waals surface area contributed by atoms with Gasteiger partial charge in [0.15, 0.2) is 23.9 Å². The lowest BCUT2D eigenvalue weighted by Gasteiger charge is -2.09. The van der Waals surface area contributed by atoms with Crippen molar-refractivity contribution in [3.8, 4) is 40.3 Å². The smallest absolute Gasteiger partial charge is 0.264 e. The van der Waals surface area contributed by atoms with Gasteiger partial charge < -0.3 is 18.7 Å². The zero-order valence-corrected chi connectivity index (χ0v) is 16.6. The lowest BCUT2D eigenvalue weighted by Crippen LogP contribution is -2.02. The summed E-state index contributed by atoms with van der Waals surface area (Å²) in [6.45, 7) is 1.88. The van der Waals surface area contributed by atoms with Crippen molar-refractivity contribution < 1.29 is 18.7 Å². The van der Waals surface area contributed by atoms with Crippen LogP contribution in [-0.4, -0.2) is 44.3 Å². The number of methoxy groups -OCH3 is 2. The Morgan fingerprint density at radius 3 is 2.67 bits per heavy atom. The summed E-state index contributed by atoms with van der Waals surface area (Å²) in [5.74, 6) is 2.53. The van der Waals surface area contributed by atoms with E-state index >= 15 is 0 Å². The third kappa shape index (κ3) is 4.02. The van der Waals surface area contributed by atoms with Crippen LogP contribution in [0.25, 0.3) is 22.9 Å². The predicted molar refractivity (Wildman–Crippen MR) is 105 cm³/mol. The molecule has 0 aliphatic rings. The highest BCUT2D eigenvalue weighted by atomic mass is 16.5. The maximum Gasteiger partial charge on any atom is 0.264 e. The second-order valence-corrected chi connectivity index (χ2v) is 6.10. The van der Waals surface area contributed by atoms with Crippen LogP contribution in [0, 0.1) is 6.92 Å². The summed E-state index contributed by atoms with van der Waals surface area (Å²) in [5.41, 5.74) is 1.93. The number of aromatic nitrogens is 6. The van der Waals surface area contributed by atoms with Crippen molar-refractivity contribution in [2.45, 2.75) is 13.5 Å². The average Bonchev–Trinajstić information content (AvgIpc) is 3.26. The number of para-hydroxylation sites is 1. The second-order valence-electron chi connectivity index (χ2n) is 6.10. The Balaban J connectivity index is 1.53. The standard InChI is InChI=1S/C20H18N6O4/c1-12-9-16(24-20(23-12)14-10-21-7-8-22-14)29-11-17-25-19(26-30-17)13-5-4-6-15(27-2)18(13)28-3/h4-10H,11H2,1-3H3. The molecule has 4 rings (SSSR count). The highest BCUT2D eigenvalue weighted by molar-refractivity contribution is 5.68. The van der Waals surface area contributed by atoms with E-state index < -0.39 is 0 Å². The van der Waals surface area contributed by atoms with E-state index in [-0.39, 0.29) is 12.5 Å². The Hall–Kier alpha value is -4.08. The van der Waals surface area contributed by atoms with E-state index in [1.165, 1.54) is 0 Å². The van der Waals surface area contributed by atoms with Crippen molar-refractivity contribution in [3.05, 3.63) is 54.4 Å². The molecule has 0 aliphatic heterocycles. The number of rotatable bonds is 7. The molecule has 0 saturated heterocycles. The number of hydrogen-bond donors (Lipinski definition) is 0. The zero-order chi connectivity index (χ0) is 20.9. The third-order valence-corrected chi connectivity index (χ3v) is 4.08. The maximum atomic E-state index is 5.73. The van der Waals surface area contributed by atoms with Gasteiger partial charge in [0.05, 0.1) is 26.0 Å². The first kappa shape index (κ1) is 19.2. The highest BCUT2D eigenvalue weighted by Crippen LogP contribution is 2.36. The molecule has 30 heavy (non-hydrogen) atoms. The van der Waals surface area contributed by atoms with E-state index in [9.17, 15) is 0 Å². The van der Waals surface area contributed by atoms with E-state index in [0.717, 1.165) is 5.69 Å². The van der Waals surface area contributed by atoms with Crippen LogP contribution in [0.1, 0.15) is 11.6 Å². The van der Waals surface area contributed by atoms with Gasteiger partial charge in [0.2, 0.25) is 11.7 Å². The Morgan fingerprint density at radius 2 is 1.90 bits per heavy atom. The van der Waals surface area contributed by atoms with Crippen molar-refractivity contribution in [1.29, 1.82) is 0 Å². The Labute approximate surface area is 171 Å². The van der Waals surface area contributed by atoms with Crippen LogP contribution in [-0.2, 0) is 6.61 Å². The van der Waals surface area contributed by atoms with Crippen LogP contribution in [0.2, 0.25) is 0 Å². The summed E-state index contributed by atoms with van der Waals surface area (Å²) in [6.07, 6.45) is 4.75. The van der Waals surface area contributed by atoms with E-state index in [0.29, 0.717) is 40.3 Å². The van der Waals surface area contributed by atoms with Gasteiger partial charge in [-0.25, -0.2) is 9.97 Å². The van der Waals surface area contributed by atoms with Gasteiger partial charge >= 0.3 is 0 Å². The minimum Gasteiger partial charge on any atom is -0.493 e. The van der Waals surface area contributed by atoms with Crippen LogP contribution in [0.3, 0.4) is 0 Å². The molecule has 0 bridgehead atoms. The number of nitrogens with zero attached hydrogens (tertiary/aromatic N) is 6. The molecule has 0 atom stereocenters. The summed E-state index contributed by atoms with van der Waals surface area (Å²) < 4.78 is 21.8. The Bertz CT molecular complexity index is 1150. The summed E-state index contributed by atoms with van der Waals surface area (Å²) >= 11 is 0. The first-order valence-electron chi connectivity index (χ1n) is 8.96. The van der Waals surface area contributed by atoms with Crippen molar-refractivity contribution in [3.63, 3.8) is 0 Å². The zero-order valence-electron chi connectivity index (χ0n) is 16.6. The van der Waals surface area contributed by atoms with Crippen molar-refractivity contribution in [1.82, 2.24) is 30.1 Å². The first-order valence-corrected chi connectivity index (χ1v) is 8.96. The number of ether oxygens (including phenoxy) is 3. The average molecular weight is 406 g/mol. The molecule has 1 aromatic carbocycles. The molecular weight excluding hydrogens is 388 g/mol. The van der Waals surface area contributed by atoms with Crippen LogP contribution in [0.15, 0.2) is 47.4 Å². The van der Waals surface area contributed by atoms with Crippen LogP contribution < -0.4 is 14.2 Å². The first-order chi connectivity index (χ1) is 14.7. The number of benzene rings is 1. The minimum atomic E-state index is 0.0373. The van der Waals surface area contributed by atoms with Gasteiger partial charge in [0.25, 0.3) is 5.89 Å². The molecule has 10 nitrogen and oxygen atoms in total. The molecule has 0 aliphatic carbocycles. The molecule has 0 saturated carbocycles. The predicted octanol–water partition coefficient (Wildman–Crippen LogP) is 2.89. The molecule has 10 heteroatoms. The van der Waals surface area contributed by atoms with Crippen molar-refractivity contribution >= 4 is 0 Å². The molecule has 0 radical (unpaired) electrons. The van der Waals surface area contributed by atoms with Gasteiger partial charge in [-0.3, -0.25) is 4.98 Å². The molecule has 0 fully saturated rings. The lowest BCUT2D eigenvalue weighted by molar-refractivity contribution is 0.235. The monoisotopic (exact) mass is 406 g/mol. The fraction of sp³-hybridized carbons (Fsp3) is 0.200. The minimum absolute atomic E-state index is 0.0373. The fourth-order valence-electron chi connectivity index (χ4n) is 2.76. The molecule has 0 unspecified atom stereocenters. The normalized spacial score (nSPS) is 10.6. The lowest BCUT2D eigenvalue weighted by atomic mass is 10.1. The molecule has 0 amide bonds. The highest BCUT2D eigenvalue weighted by Gasteiger charge is 2.17. The quantitative estimate of drug-likeness (QED) is 0.453. The summed E-state index contributed by atoms with van der Waals surface area (Å²) in [5, 5.41) is 4.01. The van der Waals surface area contributed by atoms with Crippen molar-refractivity contribution in [2.75, 3.05) is 14.2 Å². The molecule has 0 N–H and O–H groups in total. The molecular formula is C20H18N6O4. The number of hydrogen-bond acceptors (Lipinski definition) is 10. The van der Waals surface area contributed by atoms with E-state index in [4.69, 9.17) is 18.7 Å². The largest absolute Gasteiger partial charge is 0.493 e. The van der Waals surface area contributed by atoms with Gasteiger partial charge in [-0.2, -0.15) is 9.97 Å². The van der Waals surface area contributed by atoms with Gasteiger partial charge in [-0.15, -0.1) is 0 Å². The molecule has 0 spiro atoms. The molecule has 4 aromatic rings.